The van der Waals surface area contributed by atoms with E-state index in [1.165, 1.54) is 6.42 Å². The van der Waals surface area contributed by atoms with E-state index in [-0.39, 0.29) is 6.10 Å². The molecule has 104 valence electrons. The summed E-state index contributed by atoms with van der Waals surface area (Å²) in [5.74, 6) is -1.09. The highest BCUT2D eigenvalue weighted by atomic mass is 16.5. The van der Waals surface area contributed by atoms with Gasteiger partial charge >= 0.3 is 11.8 Å². The van der Waals surface area contributed by atoms with Crippen LogP contribution in [0.5, 0.6) is 0 Å². The van der Waals surface area contributed by atoms with Gasteiger partial charge < -0.3 is 15.4 Å². The number of ether oxygens (including phenoxy) is 1. The Labute approximate surface area is 109 Å². The fourth-order valence-corrected chi connectivity index (χ4v) is 1.93. The lowest BCUT2D eigenvalue weighted by molar-refractivity contribution is -0.139. The van der Waals surface area contributed by atoms with Crippen molar-refractivity contribution >= 4 is 11.8 Å². The van der Waals surface area contributed by atoms with Crippen molar-refractivity contribution in [1.82, 2.24) is 10.6 Å². The van der Waals surface area contributed by atoms with Gasteiger partial charge in [0.25, 0.3) is 0 Å². The van der Waals surface area contributed by atoms with Gasteiger partial charge in [-0.1, -0.05) is 26.2 Å². The van der Waals surface area contributed by atoms with Crippen molar-refractivity contribution in [2.24, 2.45) is 0 Å². The Balaban J connectivity index is 2.03. The number of nitrogens with one attached hydrogen (secondary N) is 2. The molecular formula is C13H24N2O3. The number of unbranched alkanes of at least 4 members (excludes halogenated alkanes) is 3. The summed E-state index contributed by atoms with van der Waals surface area (Å²) in [6.45, 7) is 3.90. The Morgan fingerprint density at radius 3 is 2.61 bits per heavy atom. The minimum atomic E-state index is -0.555. The van der Waals surface area contributed by atoms with E-state index in [4.69, 9.17) is 4.74 Å². The third kappa shape index (κ3) is 6.00. The van der Waals surface area contributed by atoms with E-state index in [1.54, 1.807) is 0 Å². The lowest BCUT2D eigenvalue weighted by Gasteiger charge is -2.10. The molecule has 0 unspecified atom stereocenters. The third-order valence-electron chi connectivity index (χ3n) is 3.04. The number of carbonyl (C=O) groups excluding carboxylic acids is 2. The Morgan fingerprint density at radius 1 is 1.17 bits per heavy atom. The zero-order valence-electron chi connectivity index (χ0n) is 11.2. The van der Waals surface area contributed by atoms with Gasteiger partial charge in [-0.2, -0.15) is 0 Å². The summed E-state index contributed by atoms with van der Waals surface area (Å²) in [5, 5.41) is 5.23. The summed E-state index contributed by atoms with van der Waals surface area (Å²) >= 11 is 0. The number of rotatable bonds is 7. The first-order valence-corrected chi connectivity index (χ1v) is 6.91. The molecule has 2 N–H and O–H groups in total. The van der Waals surface area contributed by atoms with Crippen LogP contribution in [0, 0.1) is 0 Å². The van der Waals surface area contributed by atoms with E-state index in [0.29, 0.717) is 13.1 Å². The van der Waals surface area contributed by atoms with E-state index in [1.807, 2.05) is 0 Å². The molecule has 0 aliphatic carbocycles. The van der Waals surface area contributed by atoms with Crippen molar-refractivity contribution in [2.75, 3.05) is 19.7 Å². The summed E-state index contributed by atoms with van der Waals surface area (Å²) in [4.78, 5) is 22.9. The van der Waals surface area contributed by atoms with Crippen LogP contribution in [0.15, 0.2) is 0 Å². The molecule has 1 aliphatic rings. The maximum Gasteiger partial charge on any atom is 0.309 e. The van der Waals surface area contributed by atoms with E-state index in [0.717, 1.165) is 38.7 Å². The van der Waals surface area contributed by atoms with Crippen molar-refractivity contribution in [3.8, 4) is 0 Å². The van der Waals surface area contributed by atoms with Crippen molar-refractivity contribution in [3.05, 3.63) is 0 Å². The molecule has 18 heavy (non-hydrogen) atoms. The maximum absolute atomic E-state index is 11.4. The zero-order chi connectivity index (χ0) is 13.2. The van der Waals surface area contributed by atoms with Gasteiger partial charge in [-0.3, -0.25) is 9.59 Å². The average Bonchev–Trinajstić information content (AvgIpc) is 2.88. The highest BCUT2D eigenvalue weighted by Gasteiger charge is 2.18. The molecule has 5 heteroatoms. The largest absolute Gasteiger partial charge is 0.376 e. The molecule has 1 fully saturated rings. The third-order valence-corrected chi connectivity index (χ3v) is 3.04. The van der Waals surface area contributed by atoms with Crippen LogP contribution in [0.25, 0.3) is 0 Å². The molecule has 1 rings (SSSR count). The molecule has 2 amide bonds. The maximum atomic E-state index is 11.4. The molecule has 1 heterocycles. The molecule has 1 aliphatic heterocycles. The Bertz CT molecular complexity index is 263. The first-order chi connectivity index (χ1) is 8.74. The van der Waals surface area contributed by atoms with Gasteiger partial charge in [0.1, 0.15) is 0 Å². The molecule has 1 atom stereocenters. The number of amides is 2. The second-order valence-electron chi connectivity index (χ2n) is 4.66. The van der Waals surface area contributed by atoms with Crippen LogP contribution in [0.2, 0.25) is 0 Å². The summed E-state index contributed by atoms with van der Waals surface area (Å²) in [6.07, 6.45) is 6.42. The highest BCUT2D eigenvalue weighted by molar-refractivity contribution is 6.35. The monoisotopic (exact) mass is 256 g/mol. The average molecular weight is 256 g/mol. The van der Waals surface area contributed by atoms with Crippen LogP contribution in [0.1, 0.15) is 45.4 Å². The standard InChI is InChI=1S/C13H24N2O3/c1-2-3-4-5-8-14-12(16)13(17)15-10-11-7-6-9-18-11/h11H,2-10H2,1H3,(H,14,16)(H,15,17)/t11-/m0/s1. The Morgan fingerprint density at radius 2 is 1.94 bits per heavy atom. The molecule has 0 radical (unpaired) electrons. The van der Waals surface area contributed by atoms with Crippen LogP contribution in [-0.4, -0.2) is 37.6 Å². The second-order valence-corrected chi connectivity index (χ2v) is 4.66. The van der Waals surface area contributed by atoms with Gasteiger partial charge in [0.2, 0.25) is 0 Å². The first-order valence-electron chi connectivity index (χ1n) is 6.91. The zero-order valence-corrected chi connectivity index (χ0v) is 11.2. The molecule has 5 nitrogen and oxygen atoms in total. The molecule has 0 bridgehead atoms. The molecule has 0 saturated carbocycles. The predicted octanol–water partition coefficient (Wildman–Crippen LogP) is 0.978. The lowest BCUT2D eigenvalue weighted by Crippen LogP contribution is -2.42. The van der Waals surface area contributed by atoms with Gasteiger partial charge in [0, 0.05) is 19.7 Å². The van der Waals surface area contributed by atoms with Crippen LogP contribution >= 0.6 is 0 Å². The first kappa shape index (κ1) is 15.0. The summed E-state index contributed by atoms with van der Waals surface area (Å²) < 4.78 is 5.36. The number of hydrogen-bond donors (Lipinski definition) is 2. The molecule has 0 spiro atoms. The highest BCUT2D eigenvalue weighted by Crippen LogP contribution is 2.10. The quantitative estimate of drug-likeness (QED) is 0.527. The minimum absolute atomic E-state index is 0.0753. The fourth-order valence-electron chi connectivity index (χ4n) is 1.93. The second kappa shape index (κ2) is 8.91. The van der Waals surface area contributed by atoms with Crippen molar-refractivity contribution in [3.63, 3.8) is 0 Å². The van der Waals surface area contributed by atoms with Crippen molar-refractivity contribution < 1.29 is 14.3 Å². The lowest BCUT2D eigenvalue weighted by atomic mass is 10.2. The number of hydrogen-bond acceptors (Lipinski definition) is 3. The van der Waals surface area contributed by atoms with Crippen LogP contribution in [0.3, 0.4) is 0 Å². The molecule has 1 saturated heterocycles. The van der Waals surface area contributed by atoms with E-state index < -0.39 is 11.8 Å². The fraction of sp³-hybridized carbons (Fsp3) is 0.846. The van der Waals surface area contributed by atoms with Gasteiger partial charge in [-0.25, -0.2) is 0 Å². The van der Waals surface area contributed by atoms with E-state index in [2.05, 4.69) is 17.6 Å². The van der Waals surface area contributed by atoms with Gasteiger partial charge in [-0.05, 0) is 19.3 Å². The van der Waals surface area contributed by atoms with Crippen LogP contribution < -0.4 is 10.6 Å². The van der Waals surface area contributed by atoms with Gasteiger partial charge in [0.05, 0.1) is 6.10 Å². The van der Waals surface area contributed by atoms with Crippen LogP contribution in [-0.2, 0) is 14.3 Å². The van der Waals surface area contributed by atoms with Crippen molar-refractivity contribution in [2.45, 2.75) is 51.6 Å². The summed E-state index contributed by atoms with van der Waals surface area (Å²) in [7, 11) is 0. The van der Waals surface area contributed by atoms with Gasteiger partial charge in [-0.15, -0.1) is 0 Å². The topological polar surface area (TPSA) is 67.4 Å². The van der Waals surface area contributed by atoms with E-state index in [9.17, 15) is 9.59 Å². The van der Waals surface area contributed by atoms with Gasteiger partial charge in [0.15, 0.2) is 0 Å². The van der Waals surface area contributed by atoms with Crippen molar-refractivity contribution in [1.29, 1.82) is 0 Å². The molecule has 0 aromatic carbocycles. The normalized spacial score (nSPS) is 18.6. The Hall–Kier alpha value is -1.10. The SMILES string of the molecule is CCCCCCNC(=O)C(=O)NC[C@@H]1CCCO1. The summed E-state index contributed by atoms with van der Waals surface area (Å²) in [6, 6.07) is 0. The van der Waals surface area contributed by atoms with E-state index >= 15 is 0 Å². The Kier molecular flexibility index (Phi) is 7.41. The molecule has 0 aromatic heterocycles. The predicted molar refractivity (Wildman–Crippen MR) is 69.1 cm³/mol. The minimum Gasteiger partial charge on any atom is -0.376 e. The molecule has 0 aromatic rings. The number of carbonyl (C=O) groups is 2. The smallest absolute Gasteiger partial charge is 0.309 e. The molecular weight excluding hydrogens is 232 g/mol. The summed E-state index contributed by atoms with van der Waals surface area (Å²) in [5.41, 5.74) is 0. The van der Waals surface area contributed by atoms with Crippen LogP contribution in [0.4, 0.5) is 0 Å².